The van der Waals surface area contributed by atoms with Crippen LogP contribution in [-0.2, 0) is 11.3 Å². The maximum atomic E-state index is 12.3. The van der Waals surface area contributed by atoms with E-state index in [1.165, 1.54) is 7.11 Å². The summed E-state index contributed by atoms with van der Waals surface area (Å²) in [4.78, 5) is 26.5. The molecule has 27 heavy (non-hydrogen) atoms. The molecule has 0 aliphatic heterocycles. The maximum absolute atomic E-state index is 12.3. The van der Waals surface area contributed by atoms with Crippen molar-refractivity contribution in [3.05, 3.63) is 39.1 Å². The van der Waals surface area contributed by atoms with Crippen molar-refractivity contribution in [1.82, 2.24) is 5.32 Å². The number of carbonyl (C=O) groups is 2. The Morgan fingerprint density at radius 2 is 1.59 bits per heavy atom. The molecule has 0 fully saturated rings. The van der Waals surface area contributed by atoms with E-state index in [1.54, 1.807) is 37.7 Å². The second-order valence-electron chi connectivity index (χ2n) is 6.06. The molecule has 0 bridgehead atoms. The van der Waals surface area contributed by atoms with Crippen molar-refractivity contribution in [2.75, 3.05) is 21.3 Å². The van der Waals surface area contributed by atoms with Crippen LogP contribution in [0.1, 0.15) is 38.5 Å². The number of rotatable bonds is 9. The van der Waals surface area contributed by atoms with E-state index < -0.39 is 0 Å². The molecule has 0 spiro atoms. The molecule has 6 nitrogen and oxygen atoms in total. The molecule has 2 rings (SSSR count). The second kappa shape index (κ2) is 9.41. The molecule has 0 radical (unpaired) electrons. The van der Waals surface area contributed by atoms with Gasteiger partial charge in [-0.2, -0.15) is 0 Å². The monoisotopic (exact) mass is 391 g/mol. The number of hydrogen-bond acceptors (Lipinski definition) is 6. The Hall–Kier alpha value is -2.54. The van der Waals surface area contributed by atoms with Gasteiger partial charge in [-0.25, -0.2) is 0 Å². The van der Waals surface area contributed by atoms with Gasteiger partial charge in [-0.15, -0.1) is 11.3 Å². The number of nitrogens with one attached hydrogen (secondary N) is 1. The van der Waals surface area contributed by atoms with Gasteiger partial charge in [0.2, 0.25) is 11.7 Å². The number of ether oxygens (including phenoxy) is 3. The van der Waals surface area contributed by atoms with Crippen LogP contribution in [0.4, 0.5) is 0 Å². The minimum atomic E-state index is -0.179. The van der Waals surface area contributed by atoms with Crippen molar-refractivity contribution in [2.24, 2.45) is 0 Å². The zero-order chi connectivity index (χ0) is 20.0. The number of methoxy groups -OCH3 is 3. The summed E-state index contributed by atoms with van der Waals surface area (Å²) in [6, 6.07) is 5.45. The third kappa shape index (κ3) is 5.23. The van der Waals surface area contributed by atoms with Gasteiger partial charge in [0, 0.05) is 34.7 Å². The van der Waals surface area contributed by atoms with E-state index in [-0.39, 0.29) is 24.5 Å². The maximum Gasteiger partial charge on any atom is 0.220 e. The molecule has 1 aromatic heterocycles. The van der Waals surface area contributed by atoms with Crippen molar-refractivity contribution in [2.45, 2.75) is 33.2 Å². The Kier molecular flexibility index (Phi) is 7.24. The number of hydrogen-bond donors (Lipinski definition) is 1. The molecule has 146 valence electrons. The number of Topliss-reactive ketones (excluding diaryl/α,β-unsaturated/α-hetero) is 1. The lowest BCUT2D eigenvalue weighted by atomic mass is 10.1. The van der Waals surface area contributed by atoms with Crippen LogP contribution in [0.2, 0.25) is 0 Å². The first-order chi connectivity index (χ1) is 12.9. The summed E-state index contributed by atoms with van der Waals surface area (Å²) < 4.78 is 15.9. The number of aryl methyl sites for hydroxylation is 2. The molecule has 0 aliphatic carbocycles. The molecule has 0 saturated carbocycles. The summed E-state index contributed by atoms with van der Waals surface area (Å²) in [6.07, 6.45) is 0.343. The number of ketones is 1. The third-order valence-corrected chi connectivity index (χ3v) is 5.10. The first kappa shape index (κ1) is 20.8. The van der Waals surface area contributed by atoms with E-state index in [4.69, 9.17) is 14.2 Å². The summed E-state index contributed by atoms with van der Waals surface area (Å²) >= 11 is 1.59. The van der Waals surface area contributed by atoms with Gasteiger partial charge < -0.3 is 19.5 Å². The lowest BCUT2D eigenvalue weighted by molar-refractivity contribution is -0.121. The highest BCUT2D eigenvalue weighted by Gasteiger charge is 2.15. The third-order valence-electron chi connectivity index (χ3n) is 4.13. The molecule has 1 N–H and O–H groups in total. The summed E-state index contributed by atoms with van der Waals surface area (Å²) in [5, 5.41) is 2.83. The van der Waals surface area contributed by atoms with Crippen LogP contribution in [0.15, 0.2) is 18.2 Å². The minimum absolute atomic E-state index is 0.000198. The molecule has 7 heteroatoms. The van der Waals surface area contributed by atoms with E-state index in [0.29, 0.717) is 23.8 Å². The van der Waals surface area contributed by atoms with Crippen LogP contribution >= 0.6 is 11.3 Å². The van der Waals surface area contributed by atoms with Gasteiger partial charge in [-0.1, -0.05) is 0 Å². The van der Waals surface area contributed by atoms with Crippen molar-refractivity contribution < 1.29 is 23.8 Å². The van der Waals surface area contributed by atoms with Crippen LogP contribution in [0.3, 0.4) is 0 Å². The number of amides is 1. The van der Waals surface area contributed by atoms with Crippen LogP contribution in [-0.4, -0.2) is 33.0 Å². The van der Waals surface area contributed by atoms with Gasteiger partial charge in [0.1, 0.15) is 0 Å². The number of thiophene rings is 1. The van der Waals surface area contributed by atoms with Gasteiger partial charge in [-0.3, -0.25) is 9.59 Å². The first-order valence-corrected chi connectivity index (χ1v) is 9.37. The Labute approximate surface area is 163 Å². The van der Waals surface area contributed by atoms with Crippen molar-refractivity contribution >= 4 is 23.0 Å². The van der Waals surface area contributed by atoms with E-state index in [9.17, 15) is 9.59 Å². The van der Waals surface area contributed by atoms with Crippen LogP contribution in [0.5, 0.6) is 17.2 Å². The lowest BCUT2D eigenvalue weighted by Gasteiger charge is -2.14. The Morgan fingerprint density at radius 3 is 2.07 bits per heavy atom. The topological polar surface area (TPSA) is 73.9 Å². The van der Waals surface area contributed by atoms with Gasteiger partial charge in [0.05, 0.1) is 21.3 Å². The highest BCUT2D eigenvalue weighted by molar-refractivity contribution is 7.12. The van der Waals surface area contributed by atoms with E-state index in [0.717, 1.165) is 20.9 Å². The summed E-state index contributed by atoms with van der Waals surface area (Å²) in [5.74, 6) is 1.38. The summed E-state index contributed by atoms with van der Waals surface area (Å²) in [7, 11) is 4.62. The highest BCUT2D eigenvalue weighted by atomic mass is 32.1. The fourth-order valence-corrected chi connectivity index (χ4v) is 3.74. The largest absolute Gasteiger partial charge is 0.493 e. The summed E-state index contributed by atoms with van der Waals surface area (Å²) in [6.45, 7) is 4.20. The zero-order valence-electron chi connectivity index (χ0n) is 16.3. The Balaban J connectivity index is 1.93. The molecule has 2 aromatic rings. The summed E-state index contributed by atoms with van der Waals surface area (Å²) in [5.41, 5.74) is 1.53. The van der Waals surface area contributed by atoms with Gasteiger partial charge in [0.15, 0.2) is 17.3 Å². The van der Waals surface area contributed by atoms with Crippen LogP contribution in [0.25, 0.3) is 0 Å². The van der Waals surface area contributed by atoms with E-state index in [2.05, 4.69) is 5.32 Å². The minimum Gasteiger partial charge on any atom is -0.493 e. The average molecular weight is 391 g/mol. The first-order valence-electron chi connectivity index (χ1n) is 8.55. The predicted octanol–water partition coefficient (Wildman–Crippen LogP) is 3.67. The molecular weight excluding hydrogens is 366 g/mol. The molecule has 0 aliphatic rings. The molecule has 1 amide bonds. The predicted molar refractivity (Wildman–Crippen MR) is 105 cm³/mol. The Morgan fingerprint density at radius 1 is 0.963 bits per heavy atom. The van der Waals surface area contributed by atoms with Crippen molar-refractivity contribution in [1.29, 1.82) is 0 Å². The number of benzene rings is 1. The molecule has 0 saturated heterocycles. The van der Waals surface area contributed by atoms with Crippen LogP contribution < -0.4 is 19.5 Å². The molecule has 1 aromatic carbocycles. The van der Waals surface area contributed by atoms with E-state index >= 15 is 0 Å². The Bertz CT molecular complexity index is 803. The fraction of sp³-hybridized carbons (Fsp3) is 0.400. The van der Waals surface area contributed by atoms with Gasteiger partial charge >= 0.3 is 0 Å². The van der Waals surface area contributed by atoms with E-state index in [1.807, 2.05) is 19.9 Å². The second-order valence-corrected chi connectivity index (χ2v) is 7.52. The smallest absolute Gasteiger partial charge is 0.220 e. The van der Waals surface area contributed by atoms with Crippen molar-refractivity contribution in [3.8, 4) is 17.2 Å². The number of carbonyl (C=O) groups excluding carboxylic acids is 2. The molecule has 0 unspecified atom stereocenters. The standard InChI is InChI=1S/C20H25NO5S/c1-12-8-15(13(2)27-12)16(22)6-7-19(23)21-11-14-9-17(24-3)20(26-5)18(10-14)25-4/h8-10H,6-7,11H2,1-5H3,(H,21,23). The highest BCUT2D eigenvalue weighted by Crippen LogP contribution is 2.38. The average Bonchev–Trinajstić information content (AvgIpc) is 3.01. The zero-order valence-corrected chi connectivity index (χ0v) is 17.1. The molecule has 1 heterocycles. The van der Waals surface area contributed by atoms with Crippen LogP contribution in [0, 0.1) is 13.8 Å². The quantitative estimate of drug-likeness (QED) is 0.660. The fourth-order valence-electron chi connectivity index (χ4n) is 2.80. The van der Waals surface area contributed by atoms with Gasteiger partial charge in [0.25, 0.3) is 0 Å². The molecular formula is C20H25NO5S. The lowest BCUT2D eigenvalue weighted by Crippen LogP contribution is -2.23. The van der Waals surface area contributed by atoms with Gasteiger partial charge in [-0.05, 0) is 37.6 Å². The normalized spacial score (nSPS) is 10.4. The molecule has 0 atom stereocenters. The SMILES string of the molecule is COc1cc(CNC(=O)CCC(=O)c2cc(C)sc2C)cc(OC)c1OC. The van der Waals surface area contributed by atoms with Crippen molar-refractivity contribution in [3.63, 3.8) is 0 Å².